The van der Waals surface area contributed by atoms with Crippen LogP contribution in [0.4, 0.5) is 0 Å². The number of β-amino-alcohol motifs (C(OH)–C–C–N with tert-alkyl or cyclic N) is 1. The molecule has 2 aromatic carbocycles. The van der Waals surface area contributed by atoms with Crippen LogP contribution in [0.15, 0.2) is 54.0 Å². The highest BCUT2D eigenvalue weighted by Gasteiger charge is 2.46. The molecule has 2 aliphatic rings. The first kappa shape index (κ1) is 38.8. The molecule has 278 valence electrons. The third-order valence-electron chi connectivity index (χ3n) is 10.6. The van der Waals surface area contributed by atoms with Gasteiger partial charge in [-0.05, 0) is 89.5 Å². The van der Waals surface area contributed by atoms with Gasteiger partial charge >= 0.3 is 0 Å². The summed E-state index contributed by atoms with van der Waals surface area (Å²) in [6, 6.07) is 11.6. The number of amides is 3. The van der Waals surface area contributed by atoms with E-state index in [0.29, 0.717) is 24.8 Å². The number of thiazole rings is 1. The minimum absolute atomic E-state index is 0.0726. The van der Waals surface area contributed by atoms with Crippen LogP contribution >= 0.6 is 11.3 Å². The van der Waals surface area contributed by atoms with Crippen molar-refractivity contribution in [2.45, 2.75) is 108 Å². The number of likely N-dealkylation sites (tertiary alicyclic amines) is 1. The lowest BCUT2D eigenvalue weighted by molar-refractivity contribution is -0.133. The zero-order valence-corrected chi connectivity index (χ0v) is 32.1. The number of aliphatic hydroxyl groups is 1. The van der Waals surface area contributed by atoms with Crippen LogP contribution in [0.3, 0.4) is 0 Å². The number of nitrogens with one attached hydrogen (secondary N) is 3. The van der Waals surface area contributed by atoms with E-state index in [0.717, 1.165) is 47.7 Å². The lowest BCUT2D eigenvalue weighted by Crippen LogP contribution is -2.64. The number of piperidine rings is 1. The van der Waals surface area contributed by atoms with Crippen LogP contribution in [0.5, 0.6) is 0 Å². The number of sulfone groups is 1. The van der Waals surface area contributed by atoms with Crippen LogP contribution in [0.25, 0.3) is 10.2 Å². The zero-order valence-electron chi connectivity index (χ0n) is 30.5. The predicted octanol–water partition coefficient (Wildman–Crippen LogP) is 4.10. The molecule has 0 bridgehead atoms. The lowest BCUT2D eigenvalue weighted by atomic mass is 9.72. The van der Waals surface area contributed by atoms with Crippen molar-refractivity contribution >= 4 is 49.1 Å². The number of carbonyl (C=O) groups excluding carboxylic acids is 3. The first-order valence-corrected chi connectivity index (χ1v) is 20.6. The number of carbonyl (C=O) groups is 3. The van der Waals surface area contributed by atoms with Crippen molar-refractivity contribution in [1.29, 1.82) is 0 Å². The topological polar surface area (TPSA) is 158 Å². The number of hydrogen-bond acceptors (Lipinski definition) is 9. The largest absolute Gasteiger partial charge is 0.390 e. The fraction of sp³-hybridized carbons (Fsp3) is 0.579. The summed E-state index contributed by atoms with van der Waals surface area (Å²) in [6.07, 6.45) is 5.34. The molecule has 4 N–H and O–H groups in total. The predicted molar refractivity (Wildman–Crippen MR) is 201 cm³/mol. The molecule has 2 fully saturated rings. The number of aromatic nitrogens is 1. The van der Waals surface area contributed by atoms with Crippen LogP contribution in [-0.4, -0.2) is 95.0 Å². The van der Waals surface area contributed by atoms with Crippen molar-refractivity contribution in [2.24, 2.45) is 11.8 Å². The maximum Gasteiger partial charge on any atom is 0.252 e. The smallest absolute Gasteiger partial charge is 0.252 e. The van der Waals surface area contributed by atoms with E-state index in [1.165, 1.54) is 25.2 Å². The SMILES string of the molecule is CC(C)(C)NC(=O)[C@@H]1C[C@@H]2CCCC[C@@H]2CN1C[C@@H](O)[C@H](Cc1ccccc1)NC(=O)[C@@H](NC(=O)c1ccc2ncsc2c1)C(C)(C)S(C)(=O)=O. The van der Waals surface area contributed by atoms with Crippen molar-refractivity contribution in [3.05, 3.63) is 65.2 Å². The van der Waals surface area contributed by atoms with Crippen LogP contribution in [0, 0.1) is 11.8 Å². The molecule has 51 heavy (non-hydrogen) atoms. The van der Waals surface area contributed by atoms with E-state index in [1.54, 1.807) is 23.7 Å². The minimum atomic E-state index is -3.88. The molecule has 6 atom stereocenters. The molecule has 1 saturated heterocycles. The van der Waals surface area contributed by atoms with Gasteiger partial charge in [-0.25, -0.2) is 13.4 Å². The highest BCUT2D eigenvalue weighted by Crippen LogP contribution is 2.39. The lowest BCUT2D eigenvalue weighted by Gasteiger charge is -2.47. The molecular formula is C38H53N5O6S2. The molecule has 5 rings (SSSR count). The zero-order chi connectivity index (χ0) is 37.1. The summed E-state index contributed by atoms with van der Waals surface area (Å²) in [5, 5.41) is 20.8. The molecule has 3 amide bonds. The van der Waals surface area contributed by atoms with Gasteiger partial charge in [0.15, 0.2) is 9.84 Å². The highest BCUT2D eigenvalue weighted by atomic mass is 32.2. The fourth-order valence-electron chi connectivity index (χ4n) is 7.39. The van der Waals surface area contributed by atoms with E-state index in [-0.39, 0.29) is 24.4 Å². The fourth-order valence-corrected chi connectivity index (χ4v) is 8.70. The van der Waals surface area contributed by atoms with Gasteiger partial charge < -0.3 is 21.1 Å². The first-order valence-electron chi connectivity index (χ1n) is 17.8. The number of benzene rings is 2. The average Bonchev–Trinajstić information content (AvgIpc) is 3.53. The Kier molecular flexibility index (Phi) is 11.9. The van der Waals surface area contributed by atoms with Gasteiger partial charge in [-0.2, -0.15) is 0 Å². The van der Waals surface area contributed by atoms with E-state index < -0.39 is 56.2 Å². The van der Waals surface area contributed by atoms with Crippen molar-refractivity contribution in [3.63, 3.8) is 0 Å². The molecule has 0 spiro atoms. The Balaban J connectivity index is 1.42. The van der Waals surface area contributed by atoms with E-state index in [2.05, 4.69) is 25.8 Å². The third-order valence-corrected chi connectivity index (χ3v) is 13.5. The summed E-state index contributed by atoms with van der Waals surface area (Å²) in [4.78, 5) is 47.9. The number of hydrogen-bond donors (Lipinski definition) is 4. The summed E-state index contributed by atoms with van der Waals surface area (Å²) in [5.41, 5.74) is 3.10. The summed E-state index contributed by atoms with van der Waals surface area (Å²) in [5.74, 6) is -0.541. The second kappa shape index (κ2) is 15.7. The molecule has 0 unspecified atom stereocenters. The summed E-state index contributed by atoms with van der Waals surface area (Å²) < 4.78 is 25.3. The van der Waals surface area contributed by atoms with Gasteiger partial charge in [0.2, 0.25) is 11.8 Å². The van der Waals surface area contributed by atoms with Gasteiger partial charge in [0.25, 0.3) is 5.91 Å². The van der Waals surface area contributed by atoms with Crippen LogP contribution in [-0.2, 0) is 25.8 Å². The minimum Gasteiger partial charge on any atom is -0.390 e. The molecule has 1 aliphatic carbocycles. The van der Waals surface area contributed by atoms with E-state index in [4.69, 9.17) is 0 Å². The van der Waals surface area contributed by atoms with E-state index in [9.17, 15) is 27.9 Å². The number of nitrogens with zero attached hydrogens (tertiary/aromatic N) is 2. The van der Waals surface area contributed by atoms with Crippen molar-refractivity contribution in [1.82, 2.24) is 25.8 Å². The number of rotatable bonds is 12. The molecule has 1 aliphatic heterocycles. The highest BCUT2D eigenvalue weighted by molar-refractivity contribution is 7.92. The van der Waals surface area contributed by atoms with Gasteiger partial charge in [0.1, 0.15) is 6.04 Å². The Morgan fingerprint density at radius 1 is 1.00 bits per heavy atom. The van der Waals surface area contributed by atoms with Crippen molar-refractivity contribution in [3.8, 4) is 0 Å². The number of fused-ring (bicyclic) bond motifs is 2. The van der Waals surface area contributed by atoms with E-state index >= 15 is 0 Å². The molecule has 13 heteroatoms. The van der Waals surface area contributed by atoms with Gasteiger partial charge in [-0.15, -0.1) is 11.3 Å². The summed E-state index contributed by atoms with van der Waals surface area (Å²) >= 11 is 1.37. The Morgan fingerprint density at radius 3 is 2.35 bits per heavy atom. The average molecular weight is 740 g/mol. The van der Waals surface area contributed by atoms with Crippen molar-refractivity contribution in [2.75, 3.05) is 19.3 Å². The molecule has 1 aromatic heterocycles. The van der Waals surface area contributed by atoms with Crippen molar-refractivity contribution < 1.29 is 27.9 Å². The Hall–Kier alpha value is -3.39. The van der Waals surface area contributed by atoms with Gasteiger partial charge in [-0.1, -0.05) is 49.6 Å². The van der Waals surface area contributed by atoms with Crippen LogP contribution in [0.1, 0.15) is 82.6 Å². The maximum absolute atomic E-state index is 14.3. The summed E-state index contributed by atoms with van der Waals surface area (Å²) in [6.45, 7) is 9.47. The Bertz CT molecular complexity index is 1810. The van der Waals surface area contributed by atoms with Gasteiger partial charge in [0, 0.05) is 30.4 Å². The van der Waals surface area contributed by atoms with Gasteiger partial charge in [-0.3, -0.25) is 19.3 Å². The molecule has 0 radical (unpaired) electrons. The van der Waals surface area contributed by atoms with Crippen LogP contribution in [0.2, 0.25) is 0 Å². The molecule has 1 saturated carbocycles. The second-order valence-corrected chi connectivity index (χ2v) is 19.4. The standard InChI is InChI=1S/C38H53N5O6S2/c1-37(2,3)42-35(46)30-19-25-14-10-11-15-27(25)21-43(30)22-31(44)29(18-24-12-8-7-9-13-24)40-36(47)33(38(4,5)51(6,48)49)41-34(45)26-16-17-28-32(20-26)50-23-39-28/h7-9,12-13,16-17,20,23,25,27,29-31,33,44H,10-11,14-15,18-19,21-22H2,1-6H3,(H,40,47)(H,41,45)(H,42,46)/t25-,27+,29-,30-,31+,33+/m0/s1. The molecular weight excluding hydrogens is 687 g/mol. The van der Waals surface area contributed by atoms with Crippen LogP contribution < -0.4 is 16.0 Å². The second-order valence-electron chi connectivity index (χ2n) is 15.9. The quantitative estimate of drug-likeness (QED) is 0.216. The molecule has 2 heterocycles. The Morgan fingerprint density at radius 2 is 1.69 bits per heavy atom. The Labute approximate surface area is 305 Å². The third kappa shape index (κ3) is 9.54. The number of aliphatic hydroxyl groups excluding tert-OH is 1. The monoisotopic (exact) mass is 739 g/mol. The molecule has 11 nitrogen and oxygen atoms in total. The first-order chi connectivity index (χ1) is 23.9. The normalized spacial score (nSPS) is 22.0. The molecule has 3 aromatic rings. The summed E-state index contributed by atoms with van der Waals surface area (Å²) in [7, 11) is -3.88. The van der Waals surface area contributed by atoms with Gasteiger partial charge in [0.05, 0.1) is 38.7 Å². The van der Waals surface area contributed by atoms with E-state index in [1.807, 2.05) is 51.1 Å². The maximum atomic E-state index is 14.3.